The van der Waals surface area contributed by atoms with Gasteiger partial charge in [0.15, 0.2) is 11.5 Å². The van der Waals surface area contributed by atoms with Gasteiger partial charge in [-0.25, -0.2) is 18.2 Å². The fraction of sp³-hybridized carbons (Fsp3) is 0.265. The predicted molar refractivity (Wildman–Crippen MR) is 163 cm³/mol. The van der Waals surface area contributed by atoms with Gasteiger partial charge in [0.25, 0.3) is 5.91 Å². The highest BCUT2D eigenvalue weighted by molar-refractivity contribution is 6.00. The third kappa shape index (κ3) is 6.23. The van der Waals surface area contributed by atoms with E-state index in [9.17, 15) is 13.6 Å². The van der Waals surface area contributed by atoms with Crippen LogP contribution in [-0.2, 0) is 17.8 Å². The van der Waals surface area contributed by atoms with Gasteiger partial charge in [0.1, 0.15) is 30.0 Å². The summed E-state index contributed by atoms with van der Waals surface area (Å²) in [6, 6.07) is 17.2. The van der Waals surface area contributed by atoms with E-state index in [0.29, 0.717) is 36.0 Å². The zero-order valence-corrected chi connectivity index (χ0v) is 24.1. The molecule has 1 aromatic heterocycles. The molecule has 2 aliphatic heterocycles. The molecule has 0 spiro atoms. The van der Waals surface area contributed by atoms with Crippen LogP contribution < -0.4 is 15.8 Å². The van der Waals surface area contributed by atoms with Crippen molar-refractivity contribution in [3.8, 4) is 22.8 Å². The minimum absolute atomic E-state index is 0.00670. The highest BCUT2D eigenvalue weighted by Crippen LogP contribution is 2.38. The first-order chi connectivity index (χ1) is 21.3. The van der Waals surface area contributed by atoms with Crippen LogP contribution in [0.3, 0.4) is 0 Å². The second-order valence-electron chi connectivity index (χ2n) is 11.3. The minimum Gasteiger partial charge on any atom is -0.439 e. The normalized spacial score (nSPS) is 22.6. The number of nitrogens with two attached hydrogens (primary N) is 1. The monoisotopic (exact) mass is 598 g/mol. The fourth-order valence-corrected chi connectivity index (χ4v) is 6.19. The number of pyridine rings is 1. The van der Waals surface area contributed by atoms with Crippen molar-refractivity contribution in [1.82, 2.24) is 10.3 Å². The third-order valence-corrected chi connectivity index (χ3v) is 8.46. The number of allylic oxidation sites excluding steroid dienone is 2. The first kappa shape index (κ1) is 29.6. The Morgan fingerprint density at radius 2 is 1.82 bits per heavy atom. The first-order valence-electron chi connectivity index (χ1n) is 14.8. The molecule has 1 fully saturated rings. The van der Waals surface area contributed by atoms with Gasteiger partial charge in [0.05, 0.1) is 6.20 Å². The lowest BCUT2D eigenvalue weighted by Crippen LogP contribution is -2.53. The van der Waals surface area contributed by atoms with Crippen molar-refractivity contribution in [2.45, 2.75) is 50.7 Å². The van der Waals surface area contributed by atoms with Crippen LogP contribution in [0, 0.1) is 5.82 Å². The second-order valence-corrected chi connectivity index (χ2v) is 11.3. The smallest absolute Gasteiger partial charge is 0.273 e. The maximum absolute atomic E-state index is 14.4. The molecule has 10 heteroatoms. The molecule has 1 saturated carbocycles. The number of carbonyl (C=O) groups excluding carboxylic acids is 1. The van der Waals surface area contributed by atoms with Crippen LogP contribution in [0.15, 0.2) is 102 Å². The molecule has 226 valence electrons. The average molecular weight is 599 g/mol. The Morgan fingerprint density at radius 3 is 2.57 bits per heavy atom. The molecule has 1 atom stereocenters. The largest absolute Gasteiger partial charge is 0.439 e. The molecule has 0 saturated heterocycles. The number of amides is 1. The Hall–Kier alpha value is -4.51. The number of aromatic nitrogens is 1. The second kappa shape index (κ2) is 12.6. The van der Waals surface area contributed by atoms with E-state index in [0.717, 1.165) is 48.6 Å². The molecule has 1 amide bonds. The molecule has 1 unspecified atom stereocenters. The van der Waals surface area contributed by atoms with Crippen LogP contribution in [0.5, 0.6) is 11.6 Å². The highest BCUT2D eigenvalue weighted by Gasteiger charge is 2.47. The molecule has 2 aromatic carbocycles. The number of hydrogen-bond donors (Lipinski definition) is 3. The Kier molecular flexibility index (Phi) is 8.47. The number of aliphatic hydroxyl groups is 1. The van der Waals surface area contributed by atoms with E-state index in [4.69, 9.17) is 15.6 Å². The number of aliphatic imine (C=N–C) groups is 1. The van der Waals surface area contributed by atoms with Crippen molar-refractivity contribution in [2.24, 2.45) is 10.7 Å². The minimum atomic E-state index is -0.636. The van der Waals surface area contributed by atoms with Crippen LogP contribution >= 0.6 is 0 Å². The number of halogens is 2. The lowest BCUT2D eigenvalue weighted by molar-refractivity contribution is -0.763. The van der Waals surface area contributed by atoms with Crippen molar-refractivity contribution in [3.05, 3.63) is 114 Å². The quantitative estimate of drug-likeness (QED) is 0.265. The Morgan fingerprint density at radius 1 is 1.02 bits per heavy atom. The number of benzene rings is 2. The molecule has 0 radical (unpaired) electrons. The summed E-state index contributed by atoms with van der Waals surface area (Å²) in [6.45, 7) is 0.465. The van der Waals surface area contributed by atoms with Crippen LogP contribution in [0.25, 0.3) is 11.1 Å². The summed E-state index contributed by atoms with van der Waals surface area (Å²) >= 11 is 0. The predicted octanol–water partition coefficient (Wildman–Crippen LogP) is 5.55. The number of ether oxygens (including phenoxy) is 1. The van der Waals surface area contributed by atoms with Gasteiger partial charge in [-0.15, -0.1) is 0 Å². The summed E-state index contributed by atoms with van der Waals surface area (Å²) in [4.78, 5) is 20.5. The van der Waals surface area contributed by atoms with Crippen LogP contribution in [0.2, 0.25) is 0 Å². The van der Waals surface area contributed by atoms with E-state index in [1.54, 1.807) is 12.3 Å². The number of rotatable bonds is 10. The molecule has 8 nitrogen and oxygen atoms in total. The topological polar surface area (TPSA) is 110 Å². The van der Waals surface area contributed by atoms with E-state index in [1.165, 1.54) is 18.3 Å². The van der Waals surface area contributed by atoms with Crippen molar-refractivity contribution >= 4 is 11.7 Å². The van der Waals surface area contributed by atoms with E-state index in [-0.39, 0.29) is 34.7 Å². The van der Waals surface area contributed by atoms with Crippen LogP contribution in [0.1, 0.15) is 36.8 Å². The third-order valence-electron chi connectivity index (χ3n) is 8.46. The van der Waals surface area contributed by atoms with Gasteiger partial charge in [-0.3, -0.25) is 4.79 Å². The summed E-state index contributed by atoms with van der Waals surface area (Å²) in [6.07, 6.45) is 11.0. The molecule has 3 aromatic rings. The number of nitrogens with one attached hydrogen (secondary N) is 1. The number of carbonyl (C=O) groups is 1. The summed E-state index contributed by atoms with van der Waals surface area (Å²) < 4.78 is 34.9. The van der Waals surface area contributed by atoms with Gasteiger partial charge in [-0.1, -0.05) is 36.4 Å². The Balaban J connectivity index is 1.11. The molecular weight excluding hydrogens is 564 g/mol. The molecule has 6 rings (SSSR count). The molecule has 0 bridgehead atoms. The standard InChI is InChI=1S/C34H33F2N5O3/c35-26-8-13-32-40-31(33(37)43)21-41(32,20-26)29-11-9-28(10-12-29)38-18-25-16-27(36)19-39-34(25)44-30-3-1-2-24(17-30)23-6-4-22(5-7-23)14-15-42/h1-8,13,16-17,19-21,28-29,38,42H,9-12,14-15,18H2,(H-,37,43)/p+1. The number of hydrogen-bond acceptors (Lipinski definition) is 6. The lowest BCUT2D eigenvalue weighted by atomic mass is 9.88. The van der Waals surface area contributed by atoms with Crippen LogP contribution in [-0.4, -0.2) is 45.0 Å². The summed E-state index contributed by atoms with van der Waals surface area (Å²) in [5.41, 5.74) is 9.27. The maximum Gasteiger partial charge on any atom is 0.273 e. The summed E-state index contributed by atoms with van der Waals surface area (Å²) in [7, 11) is 0. The van der Waals surface area contributed by atoms with Gasteiger partial charge in [-0.05, 0) is 60.2 Å². The average Bonchev–Trinajstić information content (AvgIpc) is 3.43. The van der Waals surface area contributed by atoms with Gasteiger partial charge < -0.3 is 20.9 Å². The van der Waals surface area contributed by atoms with Crippen LogP contribution in [0.4, 0.5) is 8.78 Å². The van der Waals surface area contributed by atoms with E-state index in [1.807, 2.05) is 48.5 Å². The van der Waals surface area contributed by atoms with Crippen molar-refractivity contribution in [2.75, 3.05) is 6.61 Å². The molecule has 3 heterocycles. The molecule has 44 heavy (non-hydrogen) atoms. The zero-order valence-electron chi connectivity index (χ0n) is 24.1. The van der Waals surface area contributed by atoms with Gasteiger partial charge in [0, 0.05) is 43.7 Å². The van der Waals surface area contributed by atoms with Gasteiger partial charge in [0.2, 0.25) is 11.7 Å². The molecular formula is C34H34F2N5O3+. The van der Waals surface area contributed by atoms with Crippen molar-refractivity contribution in [3.63, 3.8) is 0 Å². The summed E-state index contributed by atoms with van der Waals surface area (Å²) in [5.74, 6) is 0.0348. The van der Waals surface area contributed by atoms with Gasteiger partial charge >= 0.3 is 0 Å². The number of quaternary nitrogens is 1. The van der Waals surface area contributed by atoms with E-state index >= 15 is 0 Å². The SMILES string of the molecule is NC(=O)C1=C[N+]2(C3CCC(NCc4cc(F)cnc4Oc4cccc(-c5ccc(CCO)cc5)c4)CC3)C=C(F)C=CC2=N1. The number of fused-ring (bicyclic) bond motifs is 1. The summed E-state index contributed by atoms with van der Waals surface area (Å²) in [5, 5.41) is 12.7. The fourth-order valence-electron chi connectivity index (χ4n) is 6.19. The first-order valence-corrected chi connectivity index (χ1v) is 14.8. The highest BCUT2D eigenvalue weighted by atomic mass is 19.1. The number of nitrogens with zero attached hydrogens (tertiary/aromatic N) is 3. The van der Waals surface area contributed by atoms with Gasteiger partial charge in [-0.2, -0.15) is 4.99 Å². The van der Waals surface area contributed by atoms with E-state index < -0.39 is 11.7 Å². The Bertz CT molecular complexity index is 1680. The molecule has 1 aliphatic carbocycles. The number of amidine groups is 1. The molecule has 3 aliphatic rings. The van der Waals surface area contributed by atoms with Crippen molar-refractivity contribution < 1.29 is 27.9 Å². The Labute approximate surface area is 254 Å². The number of primary amides is 1. The zero-order chi connectivity index (χ0) is 30.7. The lowest BCUT2D eigenvalue weighted by Gasteiger charge is -2.40. The number of aliphatic hydroxyl groups excluding tert-OH is 1. The maximum atomic E-state index is 14.4. The van der Waals surface area contributed by atoms with E-state index in [2.05, 4.69) is 15.3 Å². The molecule has 4 N–H and O–H groups in total. The van der Waals surface area contributed by atoms with Crippen molar-refractivity contribution in [1.29, 1.82) is 0 Å².